The zero-order valence-corrected chi connectivity index (χ0v) is 12.4. The molecule has 0 aliphatic rings. The number of rotatable bonds is 5. The van der Waals surface area contributed by atoms with Crippen LogP contribution in [0, 0.1) is 0 Å². The topological polar surface area (TPSA) is 84.0 Å². The van der Waals surface area contributed by atoms with E-state index in [1.54, 1.807) is 20.9 Å². The van der Waals surface area contributed by atoms with E-state index in [4.69, 9.17) is 11.6 Å². The normalized spacial score (nSPS) is 12.3. The highest BCUT2D eigenvalue weighted by atomic mass is 35.5. The van der Waals surface area contributed by atoms with Gasteiger partial charge in [-0.3, -0.25) is 0 Å². The fourth-order valence-corrected chi connectivity index (χ4v) is 1.53. The minimum absolute atomic E-state index is 0.214. The molecule has 0 saturated carbocycles. The average Bonchev–Trinajstić information content (AvgIpc) is 2.26. The molecule has 0 unspecified atom stereocenters. The van der Waals surface area contributed by atoms with Gasteiger partial charge in [-0.2, -0.15) is 4.98 Å². The van der Waals surface area contributed by atoms with E-state index in [0.29, 0.717) is 16.8 Å². The lowest BCUT2D eigenvalue weighted by Gasteiger charge is -2.23. The summed E-state index contributed by atoms with van der Waals surface area (Å²) in [4.78, 5) is 8.05. The van der Waals surface area contributed by atoms with Crippen LogP contribution in [-0.2, 0) is 9.84 Å². The molecule has 0 aromatic carbocycles. The molecule has 2 N–H and O–H groups in total. The Labute approximate surface area is 112 Å². The molecule has 0 bridgehead atoms. The SMILES string of the molecule is CNc1ncc(Cl)c(NCC(C)(C)S(C)(=O)=O)n1. The summed E-state index contributed by atoms with van der Waals surface area (Å²) in [6.07, 6.45) is 2.66. The minimum atomic E-state index is -3.17. The first kappa shape index (κ1) is 15.0. The molecule has 1 rings (SSSR count). The van der Waals surface area contributed by atoms with Crippen molar-refractivity contribution in [2.45, 2.75) is 18.6 Å². The molecule has 8 heteroatoms. The first-order valence-electron chi connectivity index (χ1n) is 5.31. The molecular weight excluding hydrogens is 276 g/mol. The Morgan fingerprint density at radius 3 is 2.56 bits per heavy atom. The van der Waals surface area contributed by atoms with E-state index in [1.165, 1.54) is 12.5 Å². The Balaban J connectivity index is 2.87. The second-order valence-corrected chi connectivity index (χ2v) is 7.58. The molecule has 1 aromatic heterocycles. The van der Waals surface area contributed by atoms with Gasteiger partial charge in [-0.1, -0.05) is 11.6 Å². The van der Waals surface area contributed by atoms with Crippen molar-refractivity contribution in [2.24, 2.45) is 0 Å². The molecule has 6 nitrogen and oxygen atoms in total. The first-order chi connectivity index (χ1) is 8.17. The Bertz CT molecular complexity index is 531. The summed E-state index contributed by atoms with van der Waals surface area (Å²) in [6.45, 7) is 3.50. The number of nitrogens with one attached hydrogen (secondary N) is 2. The summed E-state index contributed by atoms with van der Waals surface area (Å²) in [5.41, 5.74) is 0. The van der Waals surface area contributed by atoms with Gasteiger partial charge in [-0.25, -0.2) is 13.4 Å². The molecule has 0 fully saturated rings. The summed E-state index contributed by atoms with van der Waals surface area (Å²) in [5, 5.41) is 6.06. The lowest BCUT2D eigenvalue weighted by atomic mass is 10.2. The number of anilines is 2. The highest BCUT2D eigenvalue weighted by Crippen LogP contribution is 2.22. The van der Waals surface area contributed by atoms with Crippen LogP contribution in [0.1, 0.15) is 13.8 Å². The van der Waals surface area contributed by atoms with Gasteiger partial charge in [-0.05, 0) is 13.8 Å². The second-order valence-electron chi connectivity index (χ2n) is 4.53. The van der Waals surface area contributed by atoms with E-state index in [-0.39, 0.29) is 6.54 Å². The fourth-order valence-electron chi connectivity index (χ4n) is 1.04. The zero-order chi connectivity index (χ0) is 14.0. The first-order valence-corrected chi connectivity index (χ1v) is 7.58. The number of hydrogen-bond donors (Lipinski definition) is 2. The molecule has 1 aromatic rings. The number of hydrogen-bond acceptors (Lipinski definition) is 6. The molecule has 102 valence electrons. The lowest BCUT2D eigenvalue weighted by Crippen LogP contribution is -2.38. The Hall–Kier alpha value is -1.08. The zero-order valence-electron chi connectivity index (χ0n) is 10.8. The third-order valence-electron chi connectivity index (χ3n) is 2.65. The summed E-state index contributed by atoms with van der Waals surface area (Å²) >= 11 is 5.93. The van der Waals surface area contributed by atoms with E-state index in [9.17, 15) is 8.42 Å². The van der Waals surface area contributed by atoms with Crippen molar-refractivity contribution in [1.29, 1.82) is 0 Å². The van der Waals surface area contributed by atoms with Crippen LogP contribution in [0.3, 0.4) is 0 Å². The maximum absolute atomic E-state index is 11.6. The standard InChI is InChI=1S/C10H17ClN4O2S/c1-10(2,18(4,16)17)6-14-8-7(11)5-13-9(12-3)15-8/h5H,6H2,1-4H3,(H2,12,13,14,15). The van der Waals surface area contributed by atoms with Crippen LogP contribution in [0.2, 0.25) is 5.02 Å². The van der Waals surface area contributed by atoms with Crippen molar-refractivity contribution < 1.29 is 8.42 Å². The molecule has 0 saturated heterocycles. The quantitative estimate of drug-likeness (QED) is 0.853. The average molecular weight is 293 g/mol. The van der Waals surface area contributed by atoms with E-state index >= 15 is 0 Å². The van der Waals surface area contributed by atoms with Crippen molar-refractivity contribution in [1.82, 2.24) is 9.97 Å². The van der Waals surface area contributed by atoms with Crippen LogP contribution >= 0.6 is 11.6 Å². The third kappa shape index (κ3) is 3.46. The maximum atomic E-state index is 11.6. The Kier molecular flexibility index (Phi) is 4.39. The van der Waals surface area contributed by atoms with Crippen molar-refractivity contribution in [3.63, 3.8) is 0 Å². The molecule has 0 spiro atoms. The lowest BCUT2D eigenvalue weighted by molar-refractivity contribution is 0.559. The second kappa shape index (κ2) is 5.27. The van der Waals surface area contributed by atoms with Gasteiger partial charge in [0.15, 0.2) is 15.7 Å². The largest absolute Gasteiger partial charge is 0.367 e. The minimum Gasteiger partial charge on any atom is -0.367 e. The molecule has 18 heavy (non-hydrogen) atoms. The summed E-state index contributed by atoms with van der Waals surface area (Å²) in [6, 6.07) is 0. The van der Waals surface area contributed by atoms with Crippen LogP contribution in [0.25, 0.3) is 0 Å². The van der Waals surface area contributed by atoms with Gasteiger partial charge in [0.05, 0.1) is 10.9 Å². The fraction of sp³-hybridized carbons (Fsp3) is 0.600. The van der Waals surface area contributed by atoms with Gasteiger partial charge < -0.3 is 10.6 Å². The number of sulfone groups is 1. The maximum Gasteiger partial charge on any atom is 0.224 e. The molecule has 0 aliphatic carbocycles. The number of nitrogens with zero attached hydrogens (tertiary/aromatic N) is 2. The highest BCUT2D eigenvalue weighted by Gasteiger charge is 2.30. The van der Waals surface area contributed by atoms with Crippen molar-refractivity contribution in [3.05, 3.63) is 11.2 Å². The van der Waals surface area contributed by atoms with Crippen LogP contribution in [0.4, 0.5) is 11.8 Å². The highest BCUT2D eigenvalue weighted by molar-refractivity contribution is 7.92. The third-order valence-corrected chi connectivity index (χ3v) is 5.08. The van der Waals surface area contributed by atoms with Crippen LogP contribution in [0.15, 0.2) is 6.20 Å². The van der Waals surface area contributed by atoms with Crippen LogP contribution in [0.5, 0.6) is 0 Å². The molecule has 0 atom stereocenters. The van der Waals surface area contributed by atoms with Gasteiger partial charge in [0.2, 0.25) is 5.95 Å². The van der Waals surface area contributed by atoms with Crippen molar-refractivity contribution in [3.8, 4) is 0 Å². The number of aromatic nitrogens is 2. The van der Waals surface area contributed by atoms with Crippen molar-refractivity contribution in [2.75, 3.05) is 30.5 Å². The molecular formula is C10H17ClN4O2S. The smallest absolute Gasteiger partial charge is 0.224 e. The van der Waals surface area contributed by atoms with Gasteiger partial charge in [0, 0.05) is 19.8 Å². The van der Waals surface area contributed by atoms with E-state index in [0.717, 1.165) is 0 Å². The summed E-state index contributed by atoms with van der Waals surface area (Å²) < 4.78 is 22.2. The molecule has 0 aliphatic heterocycles. The predicted molar refractivity (Wildman–Crippen MR) is 74.0 cm³/mol. The summed E-state index contributed by atoms with van der Waals surface area (Å²) in [7, 11) is -1.48. The van der Waals surface area contributed by atoms with E-state index in [2.05, 4.69) is 20.6 Å². The van der Waals surface area contributed by atoms with E-state index < -0.39 is 14.6 Å². The van der Waals surface area contributed by atoms with E-state index in [1.807, 2.05) is 0 Å². The summed E-state index contributed by atoms with van der Waals surface area (Å²) in [5.74, 6) is 0.826. The molecule has 0 amide bonds. The van der Waals surface area contributed by atoms with Gasteiger partial charge in [-0.15, -0.1) is 0 Å². The van der Waals surface area contributed by atoms with Gasteiger partial charge in [0.25, 0.3) is 0 Å². The van der Waals surface area contributed by atoms with Crippen molar-refractivity contribution >= 4 is 33.2 Å². The number of halogens is 1. The Morgan fingerprint density at radius 1 is 1.44 bits per heavy atom. The van der Waals surface area contributed by atoms with Crippen LogP contribution < -0.4 is 10.6 Å². The Morgan fingerprint density at radius 2 is 2.06 bits per heavy atom. The van der Waals surface area contributed by atoms with Crippen LogP contribution in [-0.4, -0.2) is 43.0 Å². The molecule has 0 radical (unpaired) electrons. The molecule has 1 heterocycles. The van der Waals surface area contributed by atoms with Gasteiger partial charge >= 0.3 is 0 Å². The monoisotopic (exact) mass is 292 g/mol. The predicted octanol–water partition coefficient (Wildman–Crippen LogP) is 1.41. The van der Waals surface area contributed by atoms with Gasteiger partial charge in [0.1, 0.15) is 5.02 Å².